The van der Waals surface area contributed by atoms with E-state index in [0.717, 1.165) is 38.5 Å². The molecule has 98 valence electrons. The fourth-order valence-electron chi connectivity index (χ4n) is 2.93. The van der Waals surface area contributed by atoms with E-state index in [1.165, 1.54) is 0 Å². The largest absolute Gasteiger partial charge is 0.481 e. The molecule has 0 atom stereocenters. The van der Waals surface area contributed by atoms with Gasteiger partial charge in [0, 0.05) is 0 Å². The molecule has 17 heavy (non-hydrogen) atoms. The molecule has 2 fully saturated rings. The molecule has 0 spiro atoms. The Hall–Kier alpha value is -0.580. The van der Waals surface area contributed by atoms with Crippen LogP contribution in [0.3, 0.4) is 0 Å². The first kappa shape index (κ1) is 12.9. The van der Waals surface area contributed by atoms with Crippen molar-refractivity contribution >= 4 is 15.8 Å². The van der Waals surface area contributed by atoms with Crippen LogP contribution in [0.15, 0.2) is 0 Å². The van der Waals surface area contributed by atoms with Crippen LogP contribution in [-0.2, 0) is 14.6 Å². The zero-order valence-corrected chi connectivity index (χ0v) is 10.8. The van der Waals surface area contributed by atoms with Gasteiger partial charge in [-0.2, -0.15) is 0 Å². The Morgan fingerprint density at radius 3 is 2.29 bits per heavy atom. The lowest BCUT2D eigenvalue weighted by atomic mass is 10.1. The van der Waals surface area contributed by atoms with Crippen molar-refractivity contribution in [3.8, 4) is 0 Å². The van der Waals surface area contributed by atoms with Gasteiger partial charge in [0.05, 0.1) is 17.9 Å². The maximum atomic E-state index is 12.0. The van der Waals surface area contributed by atoms with Crippen molar-refractivity contribution in [3.05, 3.63) is 0 Å². The molecule has 1 N–H and O–H groups in total. The SMILES string of the molecule is O=C(O)CC1(CS(=O)(=O)CC2CCCC2)CC1. The first-order valence-electron chi connectivity index (χ1n) is 6.33. The molecule has 2 rings (SSSR count). The number of sulfone groups is 1. The number of aliphatic carboxylic acids is 1. The lowest BCUT2D eigenvalue weighted by Gasteiger charge is -2.15. The summed E-state index contributed by atoms with van der Waals surface area (Å²) in [6.45, 7) is 0. The average Bonchev–Trinajstić information content (AvgIpc) is 2.72. The fourth-order valence-corrected chi connectivity index (χ4v) is 5.42. The highest BCUT2D eigenvalue weighted by Crippen LogP contribution is 2.50. The van der Waals surface area contributed by atoms with Crippen molar-refractivity contribution in [1.29, 1.82) is 0 Å². The first-order chi connectivity index (χ1) is 7.91. The molecule has 0 aromatic heterocycles. The average molecular weight is 260 g/mol. The number of carboxylic acids is 1. The van der Waals surface area contributed by atoms with Crippen LogP contribution in [0.2, 0.25) is 0 Å². The highest BCUT2D eigenvalue weighted by atomic mass is 32.2. The van der Waals surface area contributed by atoms with E-state index >= 15 is 0 Å². The van der Waals surface area contributed by atoms with Gasteiger partial charge in [-0.3, -0.25) is 4.79 Å². The molecule has 0 bridgehead atoms. The topological polar surface area (TPSA) is 71.4 Å². The van der Waals surface area contributed by atoms with Gasteiger partial charge in [-0.15, -0.1) is 0 Å². The second-order valence-corrected chi connectivity index (χ2v) is 7.88. The summed E-state index contributed by atoms with van der Waals surface area (Å²) in [5.74, 6) is -0.198. The summed E-state index contributed by atoms with van der Waals surface area (Å²) in [7, 11) is -3.07. The van der Waals surface area contributed by atoms with Crippen molar-refractivity contribution < 1.29 is 18.3 Å². The van der Waals surface area contributed by atoms with Crippen LogP contribution in [-0.4, -0.2) is 31.0 Å². The fraction of sp³-hybridized carbons (Fsp3) is 0.917. The molecular formula is C12H20O4S. The normalized spacial score (nSPS) is 23.8. The molecule has 5 heteroatoms. The minimum Gasteiger partial charge on any atom is -0.481 e. The summed E-state index contributed by atoms with van der Waals surface area (Å²) in [4.78, 5) is 10.7. The maximum Gasteiger partial charge on any atom is 0.303 e. The molecule has 4 nitrogen and oxygen atoms in total. The highest BCUT2D eigenvalue weighted by Gasteiger charge is 2.47. The summed E-state index contributed by atoms with van der Waals surface area (Å²) in [6, 6.07) is 0. The molecule has 2 aliphatic carbocycles. The van der Waals surface area contributed by atoms with Crippen molar-refractivity contribution in [2.45, 2.75) is 44.9 Å². The Kier molecular flexibility index (Phi) is 3.48. The highest BCUT2D eigenvalue weighted by molar-refractivity contribution is 7.91. The smallest absolute Gasteiger partial charge is 0.303 e. The predicted octanol–water partition coefficient (Wildman–Crippen LogP) is 1.85. The maximum absolute atomic E-state index is 12.0. The van der Waals surface area contributed by atoms with Crippen LogP contribution in [0.5, 0.6) is 0 Å². The van der Waals surface area contributed by atoms with Gasteiger partial charge in [0.2, 0.25) is 0 Å². The van der Waals surface area contributed by atoms with Crippen LogP contribution in [0, 0.1) is 11.3 Å². The molecule has 2 aliphatic rings. The number of carbonyl (C=O) groups is 1. The zero-order chi connectivity index (χ0) is 12.5. The van der Waals surface area contributed by atoms with Gasteiger partial charge >= 0.3 is 5.97 Å². The van der Waals surface area contributed by atoms with E-state index < -0.39 is 21.2 Å². The van der Waals surface area contributed by atoms with Gasteiger partial charge in [0.1, 0.15) is 0 Å². The van der Waals surface area contributed by atoms with Gasteiger partial charge in [-0.25, -0.2) is 8.42 Å². The van der Waals surface area contributed by atoms with Crippen molar-refractivity contribution in [2.24, 2.45) is 11.3 Å². The summed E-state index contributed by atoms with van der Waals surface area (Å²) in [5.41, 5.74) is -0.427. The number of hydrogen-bond donors (Lipinski definition) is 1. The van der Waals surface area contributed by atoms with Crippen LogP contribution in [0.1, 0.15) is 44.9 Å². The third-order valence-corrected chi connectivity index (χ3v) is 6.01. The monoisotopic (exact) mass is 260 g/mol. The van der Waals surface area contributed by atoms with E-state index in [0.29, 0.717) is 5.92 Å². The Morgan fingerprint density at radius 1 is 1.24 bits per heavy atom. The lowest BCUT2D eigenvalue weighted by molar-refractivity contribution is -0.138. The van der Waals surface area contributed by atoms with E-state index in [-0.39, 0.29) is 17.9 Å². The molecule has 0 aromatic carbocycles. The Bertz CT molecular complexity index is 389. The van der Waals surface area contributed by atoms with E-state index in [1.807, 2.05) is 0 Å². The van der Waals surface area contributed by atoms with E-state index in [9.17, 15) is 13.2 Å². The third kappa shape index (κ3) is 3.69. The van der Waals surface area contributed by atoms with E-state index in [4.69, 9.17) is 5.11 Å². The number of carboxylic acid groups (broad SMARTS) is 1. The Morgan fingerprint density at radius 2 is 1.82 bits per heavy atom. The molecule has 0 unspecified atom stereocenters. The van der Waals surface area contributed by atoms with Gasteiger partial charge in [0.25, 0.3) is 0 Å². The van der Waals surface area contributed by atoms with Crippen molar-refractivity contribution in [2.75, 3.05) is 11.5 Å². The van der Waals surface area contributed by atoms with Crippen LogP contribution in [0.25, 0.3) is 0 Å². The van der Waals surface area contributed by atoms with Gasteiger partial charge < -0.3 is 5.11 Å². The van der Waals surface area contributed by atoms with Gasteiger partial charge in [0.15, 0.2) is 9.84 Å². The quantitative estimate of drug-likeness (QED) is 0.791. The van der Waals surface area contributed by atoms with E-state index in [2.05, 4.69) is 0 Å². The zero-order valence-electron chi connectivity index (χ0n) is 10.0. The summed E-state index contributed by atoms with van der Waals surface area (Å²) in [6.07, 6.45) is 5.83. The second-order valence-electron chi connectivity index (χ2n) is 5.78. The predicted molar refractivity (Wildman–Crippen MR) is 64.5 cm³/mol. The van der Waals surface area contributed by atoms with Crippen molar-refractivity contribution in [3.63, 3.8) is 0 Å². The van der Waals surface area contributed by atoms with Gasteiger partial charge in [-0.05, 0) is 37.0 Å². The lowest BCUT2D eigenvalue weighted by Crippen LogP contribution is -2.25. The van der Waals surface area contributed by atoms with Gasteiger partial charge in [-0.1, -0.05) is 12.8 Å². The molecule has 0 aromatic rings. The van der Waals surface area contributed by atoms with E-state index in [1.54, 1.807) is 0 Å². The molecule has 0 amide bonds. The minimum atomic E-state index is -3.07. The Labute approximate surface area is 102 Å². The minimum absolute atomic E-state index is 0.0108. The third-order valence-electron chi connectivity index (χ3n) is 3.97. The van der Waals surface area contributed by atoms with Crippen LogP contribution >= 0.6 is 0 Å². The number of hydrogen-bond acceptors (Lipinski definition) is 3. The molecule has 0 aliphatic heterocycles. The first-order valence-corrected chi connectivity index (χ1v) is 8.15. The Balaban J connectivity index is 1.90. The summed E-state index contributed by atoms with van der Waals surface area (Å²) >= 11 is 0. The molecule has 2 saturated carbocycles. The van der Waals surface area contributed by atoms with Crippen molar-refractivity contribution in [1.82, 2.24) is 0 Å². The molecule has 0 saturated heterocycles. The van der Waals surface area contributed by atoms with Crippen LogP contribution in [0.4, 0.5) is 0 Å². The molecular weight excluding hydrogens is 240 g/mol. The second kappa shape index (κ2) is 4.59. The standard InChI is InChI=1S/C12H20O4S/c13-11(14)7-12(5-6-12)9-17(15,16)8-10-3-1-2-4-10/h10H,1-9H2,(H,13,14). The van der Waals surface area contributed by atoms with Crippen LogP contribution < -0.4 is 0 Å². The summed E-state index contributed by atoms with van der Waals surface area (Å²) < 4.78 is 24.1. The molecule has 0 heterocycles. The number of rotatable bonds is 6. The summed E-state index contributed by atoms with van der Waals surface area (Å²) in [5, 5.41) is 8.78. The molecule has 0 radical (unpaired) electrons.